The number of hydrogen-bond acceptors (Lipinski definition) is 1. The van der Waals surface area contributed by atoms with Gasteiger partial charge in [0, 0.05) is 21.8 Å². The van der Waals surface area contributed by atoms with Gasteiger partial charge in [0.05, 0.1) is 0 Å². The van der Waals surface area contributed by atoms with E-state index in [2.05, 4.69) is 55.9 Å². The lowest BCUT2D eigenvalue weighted by molar-refractivity contribution is 0.579. The van der Waals surface area contributed by atoms with Crippen LogP contribution in [0.5, 0.6) is 0 Å². The minimum Gasteiger partial charge on any atom is -0.313 e. The van der Waals surface area contributed by atoms with Gasteiger partial charge in [0.15, 0.2) is 0 Å². The largest absolute Gasteiger partial charge is 0.313 e. The monoisotopic (exact) mass is 468 g/mol. The Kier molecular flexibility index (Phi) is 8.54. The van der Waals surface area contributed by atoms with Crippen molar-refractivity contribution < 1.29 is 4.57 Å². The van der Waals surface area contributed by atoms with E-state index in [0.717, 1.165) is 34.6 Å². The van der Waals surface area contributed by atoms with Gasteiger partial charge in [0.25, 0.3) is 0 Å². The van der Waals surface area contributed by atoms with Crippen LogP contribution >= 0.6 is 7.14 Å². The van der Waals surface area contributed by atoms with E-state index in [0.29, 0.717) is 0 Å². The zero-order valence-corrected chi connectivity index (χ0v) is 22.0. The van der Waals surface area contributed by atoms with E-state index in [9.17, 15) is 4.57 Å². The Labute approximate surface area is 200 Å². The van der Waals surface area contributed by atoms with E-state index in [-0.39, 0.29) is 5.66 Å². The molecule has 0 fully saturated rings. The molecule has 1 unspecified atom stereocenters. The molecule has 1 nitrogen and oxygen atoms in total. The third-order valence-electron chi connectivity index (χ3n) is 5.39. The molecule has 168 valence electrons. The zero-order chi connectivity index (χ0) is 23.7. The molecule has 0 aliphatic carbocycles. The van der Waals surface area contributed by atoms with E-state index in [1.165, 1.54) is 0 Å². The van der Waals surface area contributed by atoms with Crippen molar-refractivity contribution in [1.29, 1.82) is 0 Å². The Bertz CT molecular complexity index is 1180. The summed E-state index contributed by atoms with van der Waals surface area (Å²) in [5, 5.41) is 1.79. The summed E-state index contributed by atoms with van der Waals surface area (Å²) in [5.74, 6) is 3.37. The van der Waals surface area contributed by atoms with Crippen LogP contribution in [0.15, 0.2) is 96.7 Å². The Morgan fingerprint density at radius 2 is 1.39 bits per heavy atom. The zero-order valence-electron chi connectivity index (χ0n) is 20.1. The minimum atomic E-state index is -2.88. The van der Waals surface area contributed by atoms with Crippen molar-refractivity contribution >= 4 is 31.9 Å². The van der Waals surface area contributed by atoms with Gasteiger partial charge in [-0.05, 0) is 30.2 Å². The maximum Gasteiger partial charge on any atom is 0.150 e. The lowest BCUT2D eigenvalue weighted by Gasteiger charge is -2.26. The normalized spacial score (nSPS) is 12.1. The summed E-state index contributed by atoms with van der Waals surface area (Å²) in [6.45, 7) is 8.89. The second-order valence-corrected chi connectivity index (χ2v) is 17.0. The summed E-state index contributed by atoms with van der Waals surface area (Å²) in [6.07, 6.45) is 5.79. The SMILES string of the molecule is CCCC(C=C=Cc1ccccc1C#C[Si](C)(C)C)P(=O)(c1ccccc1)c1ccccc1. The van der Waals surface area contributed by atoms with Crippen LogP contribution in [0, 0.1) is 11.5 Å². The van der Waals surface area contributed by atoms with Crippen molar-refractivity contribution in [3.05, 3.63) is 108 Å². The number of allylic oxidation sites excluding steroid dienone is 1. The van der Waals surface area contributed by atoms with Crippen LogP contribution in [-0.4, -0.2) is 13.7 Å². The Morgan fingerprint density at radius 3 is 1.94 bits per heavy atom. The third-order valence-corrected chi connectivity index (χ3v) is 9.74. The van der Waals surface area contributed by atoms with Crippen molar-refractivity contribution in [1.82, 2.24) is 0 Å². The van der Waals surface area contributed by atoms with Crippen LogP contribution in [-0.2, 0) is 4.57 Å². The molecule has 0 aromatic heterocycles. The molecule has 33 heavy (non-hydrogen) atoms. The van der Waals surface area contributed by atoms with E-state index in [1.807, 2.05) is 84.9 Å². The summed E-state index contributed by atoms with van der Waals surface area (Å²) in [7, 11) is -4.34. The highest BCUT2D eigenvalue weighted by molar-refractivity contribution is 7.79. The fraction of sp³-hybridized carbons (Fsp3) is 0.233. The lowest BCUT2D eigenvalue weighted by atomic mass is 10.1. The van der Waals surface area contributed by atoms with Crippen molar-refractivity contribution in [2.24, 2.45) is 0 Å². The molecule has 0 N–H and O–H groups in total. The van der Waals surface area contributed by atoms with Crippen LogP contribution in [0.2, 0.25) is 19.6 Å². The van der Waals surface area contributed by atoms with Crippen LogP contribution in [0.25, 0.3) is 6.08 Å². The molecular weight excluding hydrogens is 435 g/mol. The molecule has 3 heteroatoms. The van der Waals surface area contributed by atoms with Gasteiger partial charge < -0.3 is 4.57 Å². The molecule has 3 aromatic carbocycles. The van der Waals surface area contributed by atoms with Gasteiger partial charge >= 0.3 is 0 Å². The molecule has 0 amide bonds. The molecule has 0 heterocycles. The second kappa shape index (κ2) is 11.4. The fourth-order valence-corrected chi connectivity index (χ4v) is 7.46. The molecule has 0 aliphatic rings. The first-order chi connectivity index (χ1) is 15.8. The predicted octanol–water partition coefficient (Wildman–Crippen LogP) is 7.27. The smallest absolute Gasteiger partial charge is 0.150 e. The molecule has 1 atom stereocenters. The molecule has 0 aliphatic heterocycles. The maximum atomic E-state index is 14.7. The highest BCUT2D eigenvalue weighted by Gasteiger charge is 2.34. The molecule has 0 bridgehead atoms. The van der Waals surface area contributed by atoms with E-state index >= 15 is 0 Å². The van der Waals surface area contributed by atoms with Gasteiger partial charge in [-0.2, -0.15) is 0 Å². The average molecular weight is 469 g/mol. The second-order valence-electron chi connectivity index (χ2n) is 9.25. The number of benzene rings is 3. The van der Waals surface area contributed by atoms with Gasteiger partial charge in [-0.25, -0.2) is 0 Å². The first-order valence-corrected chi connectivity index (χ1v) is 16.9. The first-order valence-electron chi connectivity index (χ1n) is 11.6. The highest BCUT2D eigenvalue weighted by Crippen LogP contribution is 2.50. The first kappa shape index (κ1) is 24.8. The summed E-state index contributed by atoms with van der Waals surface area (Å²) >= 11 is 0. The molecule has 3 rings (SSSR count). The van der Waals surface area contributed by atoms with Gasteiger partial charge in [0.1, 0.15) is 15.2 Å². The molecule has 0 radical (unpaired) electrons. The topological polar surface area (TPSA) is 17.1 Å². The summed E-state index contributed by atoms with van der Waals surface area (Å²) < 4.78 is 14.7. The van der Waals surface area contributed by atoms with Gasteiger partial charge in [-0.15, -0.1) is 11.3 Å². The van der Waals surface area contributed by atoms with Crippen molar-refractivity contribution in [2.45, 2.75) is 45.1 Å². The van der Waals surface area contributed by atoms with Crippen LogP contribution < -0.4 is 10.6 Å². The van der Waals surface area contributed by atoms with Crippen molar-refractivity contribution in [2.75, 3.05) is 0 Å². The molecule has 3 aromatic rings. The van der Waals surface area contributed by atoms with Crippen LogP contribution in [0.4, 0.5) is 0 Å². The number of hydrogen-bond donors (Lipinski definition) is 0. The van der Waals surface area contributed by atoms with E-state index in [1.54, 1.807) is 0 Å². The molecule has 0 saturated carbocycles. The number of rotatable bonds is 7. The van der Waals surface area contributed by atoms with Gasteiger partial charge in [0.2, 0.25) is 0 Å². The van der Waals surface area contributed by atoms with Crippen molar-refractivity contribution in [3.8, 4) is 11.5 Å². The Morgan fingerprint density at radius 1 is 0.848 bits per heavy atom. The summed E-state index contributed by atoms with van der Waals surface area (Å²) in [6, 6.07) is 28.0. The van der Waals surface area contributed by atoms with E-state index < -0.39 is 15.2 Å². The summed E-state index contributed by atoms with van der Waals surface area (Å²) in [5.41, 5.74) is 8.78. The van der Waals surface area contributed by atoms with Crippen LogP contribution in [0.1, 0.15) is 30.9 Å². The van der Waals surface area contributed by atoms with Crippen LogP contribution in [0.3, 0.4) is 0 Å². The quantitative estimate of drug-likeness (QED) is 0.154. The standard InChI is InChI=1S/C30H33OPSi/c1-5-15-28(23-14-18-26-16-12-13-17-27(26)24-25-33(2,3)4)32(31,29-19-8-6-9-20-29)30-21-10-7-11-22-30/h6-13,16-23,28H,5,15H2,1-4H3. The van der Waals surface area contributed by atoms with Gasteiger partial charge in [-0.1, -0.05) is 118 Å². The van der Waals surface area contributed by atoms with Crippen molar-refractivity contribution in [3.63, 3.8) is 0 Å². The van der Waals surface area contributed by atoms with E-state index in [4.69, 9.17) is 0 Å². The lowest BCUT2D eigenvalue weighted by Crippen LogP contribution is -2.24. The maximum absolute atomic E-state index is 14.7. The molecular formula is C30H33OPSi. The summed E-state index contributed by atoms with van der Waals surface area (Å²) in [4.78, 5) is 0. The average Bonchev–Trinajstić information content (AvgIpc) is 2.83. The molecule has 0 spiro atoms. The molecule has 0 saturated heterocycles. The fourth-order valence-electron chi connectivity index (χ4n) is 3.74. The Balaban J connectivity index is 2.06. The highest BCUT2D eigenvalue weighted by atomic mass is 31.2. The Hall–Kier alpha value is -2.81. The minimum absolute atomic E-state index is 0.122. The third kappa shape index (κ3) is 6.60. The van der Waals surface area contributed by atoms with Gasteiger partial charge in [-0.3, -0.25) is 0 Å². The predicted molar refractivity (Wildman–Crippen MR) is 148 cm³/mol.